The van der Waals surface area contributed by atoms with E-state index in [2.05, 4.69) is 56.7 Å². The lowest BCUT2D eigenvalue weighted by molar-refractivity contribution is 0.323. The van der Waals surface area contributed by atoms with Gasteiger partial charge in [-0.15, -0.1) is 5.10 Å². The van der Waals surface area contributed by atoms with E-state index in [-0.39, 0.29) is 10.8 Å². The van der Waals surface area contributed by atoms with Crippen LogP contribution in [0.15, 0.2) is 6.20 Å². The number of nitrogens with zero attached hydrogens (tertiary/aromatic N) is 3. The summed E-state index contributed by atoms with van der Waals surface area (Å²) in [6.45, 7) is 13.3. The third-order valence-corrected chi connectivity index (χ3v) is 2.93. The molecule has 1 heterocycles. The van der Waals surface area contributed by atoms with Crippen LogP contribution in [0.1, 0.15) is 65.9 Å². The molecule has 0 aliphatic rings. The molecule has 0 aromatic carbocycles. The van der Waals surface area contributed by atoms with Crippen LogP contribution in [0.5, 0.6) is 0 Å². The van der Waals surface area contributed by atoms with Gasteiger partial charge >= 0.3 is 0 Å². The lowest BCUT2D eigenvalue weighted by Gasteiger charge is -2.23. The first-order valence-electron chi connectivity index (χ1n) is 6.89. The van der Waals surface area contributed by atoms with Gasteiger partial charge in [-0.1, -0.05) is 48.0 Å². The SMILES string of the molecule is CCCC(C)(C)Cc1cnc(CC(C)(C)C)nn1. The standard InChI is InChI=1S/C15H27N3/c1-7-8-15(5,6)9-12-11-16-13(18-17-12)10-14(2,3)4/h11H,7-10H2,1-6H3. The lowest BCUT2D eigenvalue weighted by Crippen LogP contribution is -2.17. The van der Waals surface area contributed by atoms with Crippen LogP contribution in [0, 0.1) is 10.8 Å². The second kappa shape index (κ2) is 5.77. The highest BCUT2D eigenvalue weighted by Crippen LogP contribution is 2.26. The number of rotatable bonds is 5. The predicted molar refractivity (Wildman–Crippen MR) is 75.4 cm³/mol. The highest BCUT2D eigenvalue weighted by Gasteiger charge is 2.19. The van der Waals surface area contributed by atoms with Gasteiger partial charge in [0.05, 0.1) is 11.9 Å². The van der Waals surface area contributed by atoms with Gasteiger partial charge in [-0.05, 0) is 23.7 Å². The van der Waals surface area contributed by atoms with Gasteiger partial charge in [-0.3, -0.25) is 0 Å². The second-order valence-electron chi connectivity index (χ2n) is 7.19. The maximum atomic E-state index is 4.43. The quantitative estimate of drug-likeness (QED) is 0.796. The van der Waals surface area contributed by atoms with Crippen LogP contribution in [0.4, 0.5) is 0 Å². The van der Waals surface area contributed by atoms with E-state index in [9.17, 15) is 0 Å². The minimum Gasteiger partial charge on any atom is -0.237 e. The molecule has 0 saturated carbocycles. The molecule has 0 N–H and O–H groups in total. The minimum absolute atomic E-state index is 0.213. The summed E-state index contributed by atoms with van der Waals surface area (Å²) in [5.41, 5.74) is 1.51. The van der Waals surface area contributed by atoms with Crippen LogP contribution in [0.2, 0.25) is 0 Å². The zero-order valence-corrected chi connectivity index (χ0v) is 12.7. The van der Waals surface area contributed by atoms with Gasteiger partial charge in [0.15, 0.2) is 5.82 Å². The van der Waals surface area contributed by atoms with Crippen LogP contribution < -0.4 is 0 Å². The molecule has 0 fully saturated rings. The Hall–Kier alpha value is -0.990. The van der Waals surface area contributed by atoms with Crippen molar-refractivity contribution in [2.24, 2.45) is 10.8 Å². The van der Waals surface area contributed by atoms with E-state index >= 15 is 0 Å². The van der Waals surface area contributed by atoms with Crippen LogP contribution in [0.25, 0.3) is 0 Å². The highest BCUT2D eigenvalue weighted by atomic mass is 15.2. The maximum absolute atomic E-state index is 4.43. The maximum Gasteiger partial charge on any atom is 0.151 e. The van der Waals surface area contributed by atoms with Gasteiger partial charge in [-0.25, -0.2) is 4.98 Å². The summed E-state index contributed by atoms with van der Waals surface area (Å²) in [5.74, 6) is 0.847. The average Bonchev–Trinajstić information content (AvgIpc) is 2.18. The van der Waals surface area contributed by atoms with Crippen LogP contribution in [-0.4, -0.2) is 15.2 Å². The van der Waals surface area contributed by atoms with Gasteiger partial charge < -0.3 is 0 Å². The molecule has 0 aliphatic carbocycles. The third kappa shape index (κ3) is 5.56. The topological polar surface area (TPSA) is 38.7 Å². The molecule has 1 rings (SSSR count). The monoisotopic (exact) mass is 249 g/mol. The van der Waals surface area contributed by atoms with Crippen molar-refractivity contribution in [2.75, 3.05) is 0 Å². The van der Waals surface area contributed by atoms with Crippen molar-refractivity contribution in [1.29, 1.82) is 0 Å². The van der Waals surface area contributed by atoms with Crippen molar-refractivity contribution in [2.45, 2.75) is 67.2 Å². The minimum atomic E-state index is 0.213. The van der Waals surface area contributed by atoms with Gasteiger partial charge in [-0.2, -0.15) is 5.10 Å². The Morgan fingerprint density at radius 3 is 2.11 bits per heavy atom. The van der Waals surface area contributed by atoms with Gasteiger partial charge in [0.2, 0.25) is 0 Å². The third-order valence-electron chi connectivity index (χ3n) is 2.93. The Kier molecular flexibility index (Phi) is 4.83. The largest absolute Gasteiger partial charge is 0.237 e. The Balaban J connectivity index is 2.66. The summed E-state index contributed by atoms with van der Waals surface area (Å²) < 4.78 is 0. The first-order chi connectivity index (χ1) is 8.22. The molecule has 0 radical (unpaired) electrons. The number of hydrogen-bond donors (Lipinski definition) is 0. The Bertz CT molecular complexity index is 360. The van der Waals surface area contributed by atoms with Gasteiger partial charge in [0.25, 0.3) is 0 Å². The molecule has 0 unspecified atom stereocenters. The molecule has 0 spiro atoms. The van der Waals surface area contributed by atoms with Gasteiger partial charge in [0, 0.05) is 6.42 Å². The van der Waals surface area contributed by atoms with Crippen molar-refractivity contribution >= 4 is 0 Å². The van der Waals surface area contributed by atoms with Crippen molar-refractivity contribution in [3.05, 3.63) is 17.7 Å². The highest BCUT2D eigenvalue weighted by molar-refractivity contribution is 4.99. The molecule has 0 saturated heterocycles. The fraction of sp³-hybridized carbons (Fsp3) is 0.800. The van der Waals surface area contributed by atoms with Crippen molar-refractivity contribution in [3.8, 4) is 0 Å². The molecule has 0 aliphatic heterocycles. The lowest BCUT2D eigenvalue weighted by atomic mass is 9.83. The fourth-order valence-corrected chi connectivity index (χ4v) is 2.21. The molecule has 3 heteroatoms. The normalized spacial score (nSPS) is 12.8. The van der Waals surface area contributed by atoms with E-state index in [0.29, 0.717) is 0 Å². The zero-order valence-electron chi connectivity index (χ0n) is 12.7. The second-order valence-corrected chi connectivity index (χ2v) is 7.19. The summed E-state index contributed by atoms with van der Waals surface area (Å²) in [6, 6.07) is 0. The fourth-order valence-electron chi connectivity index (χ4n) is 2.21. The number of aromatic nitrogens is 3. The Morgan fingerprint density at radius 1 is 1.00 bits per heavy atom. The summed E-state index contributed by atoms with van der Waals surface area (Å²) in [4.78, 5) is 4.43. The van der Waals surface area contributed by atoms with Crippen LogP contribution in [0.3, 0.4) is 0 Å². The smallest absolute Gasteiger partial charge is 0.151 e. The van der Waals surface area contributed by atoms with E-state index < -0.39 is 0 Å². The molecule has 0 bridgehead atoms. The average molecular weight is 249 g/mol. The van der Waals surface area contributed by atoms with Crippen LogP contribution >= 0.6 is 0 Å². The molecule has 18 heavy (non-hydrogen) atoms. The molecule has 3 nitrogen and oxygen atoms in total. The summed E-state index contributed by atoms with van der Waals surface area (Å²) in [6.07, 6.45) is 6.13. The van der Waals surface area contributed by atoms with E-state index in [1.807, 2.05) is 6.20 Å². The molecule has 102 valence electrons. The van der Waals surface area contributed by atoms with Crippen molar-refractivity contribution < 1.29 is 0 Å². The van der Waals surface area contributed by atoms with E-state index in [1.54, 1.807) is 0 Å². The summed E-state index contributed by atoms with van der Waals surface area (Å²) in [7, 11) is 0. The van der Waals surface area contributed by atoms with Crippen molar-refractivity contribution in [3.63, 3.8) is 0 Å². The molecule has 1 aromatic heterocycles. The predicted octanol–water partition coefficient (Wildman–Crippen LogP) is 3.83. The van der Waals surface area contributed by atoms with Crippen LogP contribution in [-0.2, 0) is 12.8 Å². The van der Waals surface area contributed by atoms with E-state index in [0.717, 1.165) is 24.4 Å². The Labute approximate surface area is 111 Å². The number of hydrogen-bond acceptors (Lipinski definition) is 3. The first-order valence-corrected chi connectivity index (χ1v) is 6.89. The van der Waals surface area contributed by atoms with E-state index in [1.165, 1.54) is 12.8 Å². The van der Waals surface area contributed by atoms with Crippen molar-refractivity contribution in [1.82, 2.24) is 15.2 Å². The zero-order chi connectivity index (χ0) is 13.8. The molecule has 1 aromatic rings. The summed E-state index contributed by atoms with van der Waals surface area (Å²) >= 11 is 0. The molecular formula is C15H27N3. The molecule has 0 amide bonds. The molecule has 0 atom stereocenters. The first kappa shape index (κ1) is 15.1. The van der Waals surface area contributed by atoms with Gasteiger partial charge in [0.1, 0.15) is 0 Å². The summed E-state index contributed by atoms with van der Waals surface area (Å²) in [5, 5.41) is 8.57. The van der Waals surface area contributed by atoms with E-state index in [4.69, 9.17) is 0 Å². The molecular weight excluding hydrogens is 222 g/mol. The Morgan fingerprint density at radius 2 is 1.67 bits per heavy atom.